The highest BCUT2D eigenvalue weighted by atomic mass is 127. The summed E-state index contributed by atoms with van der Waals surface area (Å²) < 4.78 is 1.93. The molecular formula is C21H29IN6S. The van der Waals surface area contributed by atoms with E-state index < -0.39 is 0 Å². The van der Waals surface area contributed by atoms with E-state index in [1.165, 1.54) is 11.1 Å². The van der Waals surface area contributed by atoms with Gasteiger partial charge < -0.3 is 10.6 Å². The summed E-state index contributed by atoms with van der Waals surface area (Å²) >= 11 is 1.68. The number of rotatable bonds is 6. The van der Waals surface area contributed by atoms with Gasteiger partial charge in [-0.05, 0) is 17.2 Å². The molecule has 0 aliphatic rings. The number of nitrogens with zero attached hydrogens (tertiary/aromatic N) is 4. The van der Waals surface area contributed by atoms with Crippen molar-refractivity contribution in [2.24, 2.45) is 4.99 Å². The van der Waals surface area contributed by atoms with Gasteiger partial charge in [0.1, 0.15) is 5.01 Å². The Kier molecular flexibility index (Phi) is 8.63. The van der Waals surface area contributed by atoms with Gasteiger partial charge in [0, 0.05) is 36.8 Å². The van der Waals surface area contributed by atoms with E-state index in [1.54, 1.807) is 24.6 Å². The summed E-state index contributed by atoms with van der Waals surface area (Å²) in [6.07, 6.45) is 3.78. The molecule has 6 nitrogen and oxygen atoms in total. The Bertz CT molecular complexity index is 911. The Morgan fingerprint density at radius 1 is 1.10 bits per heavy atom. The van der Waals surface area contributed by atoms with E-state index in [0.29, 0.717) is 13.1 Å². The Morgan fingerprint density at radius 3 is 2.45 bits per heavy atom. The van der Waals surface area contributed by atoms with Gasteiger partial charge in [-0.15, -0.1) is 35.3 Å². The summed E-state index contributed by atoms with van der Waals surface area (Å²) in [6, 6.07) is 10.3. The topological polar surface area (TPSA) is 67.1 Å². The van der Waals surface area contributed by atoms with Crippen LogP contribution in [0.3, 0.4) is 0 Å². The molecule has 0 amide bonds. The molecule has 3 aromatic rings. The van der Waals surface area contributed by atoms with Gasteiger partial charge in [-0.2, -0.15) is 5.10 Å². The molecule has 156 valence electrons. The molecule has 0 bridgehead atoms. The van der Waals surface area contributed by atoms with E-state index in [2.05, 4.69) is 71.1 Å². The molecule has 0 fully saturated rings. The summed E-state index contributed by atoms with van der Waals surface area (Å²) in [6.45, 7) is 8.66. The van der Waals surface area contributed by atoms with Crippen molar-refractivity contribution >= 4 is 41.3 Å². The minimum Gasteiger partial charge on any atom is -0.352 e. The SMILES string of the molecule is CN=C(NCc1nc(C(C)(C)C)cs1)NCc1ccccc1Cn1cccn1.I. The van der Waals surface area contributed by atoms with Gasteiger partial charge in [0.15, 0.2) is 5.96 Å². The van der Waals surface area contributed by atoms with Crippen LogP contribution in [0.4, 0.5) is 0 Å². The second-order valence-corrected chi connectivity index (χ2v) is 8.57. The van der Waals surface area contributed by atoms with Crippen LogP contribution in [0.1, 0.15) is 42.6 Å². The highest BCUT2D eigenvalue weighted by Gasteiger charge is 2.17. The molecule has 2 heterocycles. The predicted octanol–water partition coefficient (Wildman–Crippen LogP) is 4.17. The van der Waals surface area contributed by atoms with Crippen molar-refractivity contribution in [2.75, 3.05) is 7.05 Å². The van der Waals surface area contributed by atoms with E-state index in [9.17, 15) is 0 Å². The predicted molar refractivity (Wildman–Crippen MR) is 131 cm³/mol. The molecule has 0 aliphatic heterocycles. The summed E-state index contributed by atoms with van der Waals surface area (Å²) in [7, 11) is 1.79. The molecule has 0 atom stereocenters. The lowest BCUT2D eigenvalue weighted by Gasteiger charge is -2.15. The molecule has 0 radical (unpaired) electrons. The van der Waals surface area contributed by atoms with Gasteiger partial charge in [0.05, 0.1) is 18.8 Å². The second kappa shape index (κ2) is 10.7. The summed E-state index contributed by atoms with van der Waals surface area (Å²) in [5.74, 6) is 0.765. The molecule has 3 rings (SSSR count). The molecule has 8 heteroatoms. The van der Waals surface area contributed by atoms with E-state index in [1.807, 2.05) is 16.9 Å². The quantitative estimate of drug-likeness (QED) is 0.289. The molecule has 0 saturated carbocycles. The van der Waals surface area contributed by atoms with Gasteiger partial charge in [-0.3, -0.25) is 9.67 Å². The summed E-state index contributed by atoms with van der Waals surface area (Å²) in [5, 5.41) is 14.3. The third-order valence-corrected chi connectivity index (χ3v) is 5.26. The Labute approximate surface area is 193 Å². The average molecular weight is 524 g/mol. The fourth-order valence-electron chi connectivity index (χ4n) is 2.75. The van der Waals surface area contributed by atoms with Crippen LogP contribution in [0, 0.1) is 0 Å². The van der Waals surface area contributed by atoms with E-state index in [4.69, 9.17) is 4.98 Å². The van der Waals surface area contributed by atoms with Crippen LogP contribution in [0.15, 0.2) is 53.1 Å². The Morgan fingerprint density at radius 2 is 1.83 bits per heavy atom. The molecule has 29 heavy (non-hydrogen) atoms. The smallest absolute Gasteiger partial charge is 0.191 e. The molecule has 2 N–H and O–H groups in total. The van der Waals surface area contributed by atoms with Crippen LogP contribution in [-0.2, 0) is 25.0 Å². The Hall–Kier alpha value is -1.94. The van der Waals surface area contributed by atoms with Crippen LogP contribution in [0.2, 0.25) is 0 Å². The van der Waals surface area contributed by atoms with Crippen LogP contribution < -0.4 is 10.6 Å². The van der Waals surface area contributed by atoms with E-state index in [-0.39, 0.29) is 29.4 Å². The summed E-state index contributed by atoms with van der Waals surface area (Å²) in [4.78, 5) is 9.06. The van der Waals surface area contributed by atoms with Gasteiger partial charge in [-0.1, -0.05) is 45.0 Å². The summed E-state index contributed by atoms with van der Waals surface area (Å²) in [5.41, 5.74) is 3.67. The first-order valence-corrected chi connectivity index (χ1v) is 10.3. The maximum Gasteiger partial charge on any atom is 0.191 e. The molecule has 0 spiro atoms. The third kappa shape index (κ3) is 6.81. The number of hydrogen-bond acceptors (Lipinski definition) is 4. The van der Waals surface area contributed by atoms with Crippen molar-refractivity contribution in [1.29, 1.82) is 0 Å². The van der Waals surface area contributed by atoms with Crippen LogP contribution in [0.25, 0.3) is 0 Å². The highest BCUT2D eigenvalue weighted by molar-refractivity contribution is 14.0. The van der Waals surface area contributed by atoms with E-state index >= 15 is 0 Å². The number of benzene rings is 1. The standard InChI is InChI=1S/C21H28N6S.HI/c1-21(2,3)18-15-28-19(26-18)13-24-20(22-4)23-12-16-8-5-6-9-17(16)14-27-11-7-10-25-27;/h5-11,15H,12-14H2,1-4H3,(H2,22,23,24);1H. The maximum absolute atomic E-state index is 4.73. The average Bonchev–Trinajstić information content (AvgIpc) is 3.34. The number of guanidine groups is 1. The molecule has 1 aromatic carbocycles. The van der Waals surface area contributed by atoms with E-state index in [0.717, 1.165) is 23.2 Å². The van der Waals surface area contributed by atoms with Crippen molar-refractivity contribution in [3.8, 4) is 0 Å². The monoisotopic (exact) mass is 524 g/mol. The van der Waals surface area contributed by atoms with Crippen LogP contribution in [-0.4, -0.2) is 27.8 Å². The molecule has 0 aliphatic carbocycles. The first-order chi connectivity index (χ1) is 13.5. The minimum absolute atomic E-state index is 0. The zero-order chi connectivity index (χ0) is 20.0. The first-order valence-electron chi connectivity index (χ1n) is 9.39. The number of aliphatic imine (C=N–C) groups is 1. The second-order valence-electron chi connectivity index (χ2n) is 7.63. The zero-order valence-electron chi connectivity index (χ0n) is 17.3. The van der Waals surface area contributed by atoms with Crippen molar-refractivity contribution in [1.82, 2.24) is 25.4 Å². The first kappa shape index (κ1) is 23.3. The molecule has 0 unspecified atom stereocenters. The minimum atomic E-state index is 0. The third-order valence-electron chi connectivity index (χ3n) is 4.41. The number of nitrogens with one attached hydrogen (secondary N) is 2. The maximum atomic E-state index is 4.73. The van der Waals surface area contributed by atoms with Crippen LogP contribution >= 0.6 is 35.3 Å². The Balaban J connectivity index is 0.00000300. The van der Waals surface area contributed by atoms with Crippen molar-refractivity contribution in [2.45, 2.75) is 45.8 Å². The van der Waals surface area contributed by atoms with Gasteiger partial charge in [-0.25, -0.2) is 4.98 Å². The van der Waals surface area contributed by atoms with Gasteiger partial charge >= 0.3 is 0 Å². The number of aromatic nitrogens is 3. The fourth-order valence-corrected chi connectivity index (χ4v) is 3.71. The van der Waals surface area contributed by atoms with Gasteiger partial charge in [0.2, 0.25) is 0 Å². The zero-order valence-corrected chi connectivity index (χ0v) is 20.5. The van der Waals surface area contributed by atoms with Gasteiger partial charge in [0.25, 0.3) is 0 Å². The molecule has 2 aromatic heterocycles. The number of hydrogen-bond donors (Lipinski definition) is 2. The molecular weight excluding hydrogens is 495 g/mol. The van der Waals surface area contributed by atoms with Crippen molar-refractivity contribution in [3.63, 3.8) is 0 Å². The highest BCUT2D eigenvalue weighted by Crippen LogP contribution is 2.23. The lowest BCUT2D eigenvalue weighted by Crippen LogP contribution is -2.36. The molecule has 0 saturated heterocycles. The number of halogens is 1. The normalized spacial score (nSPS) is 11.8. The lowest BCUT2D eigenvalue weighted by molar-refractivity contribution is 0.570. The lowest BCUT2D eigenvalue weighted by atomic mass is 9.93. The van der Waals surface area contributed by atoms with Crippen molar-refractivity contribution in [3.05, 3.63) is 69.9 Å². The largest absolute Gasteiger partial charge is 0.352 e. The van der Waals surface area contributed by atoms with Crippen molar-refractivity contribution < 1.29 is 0 Å². The van der Waals surface area contributed by atoms with Crippen LogP contribution in [0.5, 0.6) is 0 Å². The fraction of sp³-hybridized carbons (Fsp3) is 0.381. The number of thiazole rings is 1.